The van der Waals surface area contributed by atoms with E-state index in [1.807, 2.05) is 0 Å². The van der Waals surface area contributed by atoms with Crippen LogP contribution in [0.25, 0.3) is 0 Å². The molecule has 0 aliphatic carbocycles. The molecule has 0 fully saturated rings. The van der Waals surface area contributed by atoms with E-state index in [1.54, 1.807) is 0 Å². The third-order valence-electron chi connectivity index (χ3n) is 2.26. The van der Waals surface area contributed by atoms with E-state index in [4.69, 9.17) is 21.4 Å². The number of rotatable bonds is 6. The molecule has 1 aromatic heterocycles. The van der Waals surface area contributed by atoms with Crippen LogP contribution in [0.15, 0.2) is 12.3 Å². The number of aliphatic hydroxyl groups is 1. The number of ether oxygens (including phenoxy) is 1. The summed E-state index contributed by atoms with van der Waals surface area (Å²) in [6.45, 7) is 0.514. The molecule has 18 heavy (non-hydrogen) atoms. The second-order valence-electron chi connectivity index (χ2n) is 3.50. The van der Waals surface area contributed by atoms with Gasteiger partial charge in [-0.05, 0) is 6.07 Å². The van der Waals surface area contributed by atoms with Crippen molar-refractivity contribution < 1.29 is 19.0 Å². The molecule has 7 heteroatoms. The molecule has 0 unspecified atom stereocenters. The molecule has 1 amide bonds. The first-order chi connectivity index (χ1) is 8.60. The fourth-order valence-electron chi connectivity index (χ4n) is 1.38. The highest BCUT2D eigenvalue weighted by molar-refractivity contribution is 6.32. The van der Waals surface area contributed by atoms with Gasteiger partial charge in [0.05, 0.1) is 25.0 Å². The van der Waals surface area contributed by atoms with Crippen molar-refractivity contribution in [3.05, 3.63) is 28.8 Å². The summed E-state index contributed by atoms with van der Waals surface area (Å²) >= 11 is 5.75. The number of aromatic nitrogens is 1. The van der Waals surface area contributed by atoms with Crippen molar-refractivity contribution in [3.63, 3.8) is 0 Å². The number of aliphatic hydroxyl groups excluding tert-OH is 1. The van der Waals surface area contributed by atoms with Crippen LogP contribution in [-0.2, 0) is 4.74 Å². The molecule has 1 N–H and O–H groups in total. The normalized spacial score (nSPS) is 10.4. The van der Waals surface area contributed by atoms with Crippen LogP contribution in [-0.4, -0.2) is 54.3 Å². The topological polar surface area (TPSA) is 62.7 Å². The Bertz CT molecular complexity index is 417. The van der Waals surface area contributed by atoms with Crippen molar-refractivity contribution in [3.8, 4) is 0 Å². The van der Waals surface area contributed by atoms with Gasteiger partial charge in [-0.2, -0.15) is 0 Å². The maximum absolute atomic E-state index is 13.0. The molecule has 0 saturated carbocycles. The Morgan fingerprint density at radius 1 is 1.61 bits per heavy atom. The Hall–Kier alpha value is -1.24. The van der Waals surface area contributed by atoms with E-state index < -0.39 is 11.7 Å². The molecule has 1 aromatic rings. The van der Waals surface area contributed by atoms with Gasteiger partial charge in [-0.1, -0.05) is 11.6 Å². The number of carbonyl (C=O) groups excluding carboxylic acids is 1. The number of pyridine rings is 1. The number of hydrogen-bond acceptors (Lipinski definition) is 4. The molecule has 0 spiro atoms. The van der Waals surface area contributed by atoms with Crippen LogP contribution in [0.2, 0.25) is 5.15 Å². The van der Waals surface area contributed by atoms with Gasteiger partial charge in [0, 0.05) is 20.2 Å². The number of carbonyl (C=O) groups is 1. The lowest BCUT2D eigenvalue weighted by atomic mass is 10.2. The molecule has 0 bridgehead atoms. The Balaban J connectivity index is 2.90. The average molecular weight is 277 g/mol. The first-order valence-electron chi connectivity index (χ1n) is 5.30. The molecule has 100 valence electrons. The lowest BCUT2D eigenvalue weighted by molar-refractivity contribution is 0.0655. The predicted molar refractivity (Wildman–Crippen MR) is 64.1 cm³/mol. The van der Waals surface area contributed by atoms with Crippen LogP contribution in [0.4, 0.5) is 4.39 Å². The summed E-state index contributed by atoms with van der Waals surface area (Å²) in [6.07, 6.45) is 0.935. The summed E-state index contributed by atoms with van der Waals surface area (Å²) in [4.78, 5) is 17.0. The van der Waals surface area contributed by atoms with Gasteiger partial charge in [-0.25, -0.2) is 9.37 Å². The van der Waals surface area contributed by atoms with Crippen LogP contribution in [0.1, 0.15) is 10.4 Å². The van der Waals surface area contributed by atoms with Crippen LogP contribution >= 0.6 is 11.6 Å². The lowest BCUT2D eigenvalue weighted by Crippen LogP contribution is -2.36. The van der Waals surface area contributed by atoms with Gasteiger partial charge in [0.15, 0.2) is 0 Å². The smallest absolute Gasteiger partial charge is 0.257 e. The molecule has 0 radical (unpaired) electrons. The number of methoxy groups -OCH3 is 1. The molecular formula is C11H14ClFN2O3. The van der Waals surface area contributed by atoms with E-state index in [0.29, 0.717) is 6.61 Å². The molecular weight excluding hydrogens is 263 g/mol. The number of hydrogen-bond donors (Lipinski definition) is 1. The summed E-state index contributed by atoms with van der Waals surface area (Å²) in [7, 11) is 1.50. The van der Waals surface area contributed by atoms with Crippen molar-refractivity contribution in [2.75, 3.05) is 33.4 Å². The SMILES string of the molecule is COCCN(CCO)C(=O)c1cc(F)cnc1Cl. The van der Waals surface area contributed by atoms with E-state index in [2.05, 4.69) is 4.98 Å². The Labute approximate surface area is 109 Å². The van der Waals surface area contributed by atoms with Gasteiger partial charge >= 0.3 is 0 Å². The van der Waals surface area contributed by atoms with Crippen molar-refractivity contribution in [2.45, 2.75) is 0 Å². The summed E-state index contributed by atoms with van der Waals surface area (Å²) in [5.41, 5.74) is -0.0266. The van der Waals surface area contributed by atoms with Gasteiger partial charge in [-0.15, -0.1) is 0 Å². The van der Waals surface area contributed by atoms with Crippen molar-refractivity contribution in [2.24, 2.45) is 0 Å². The minimum atomic E-state index is -0.640. The molecule has 0 aromatic carbocycles. The Morgan fingerprint density at radius 3 is 2.94 bits per heavy atom. The first-order valence-corrected chi connectivity index (χ1v) is 5.68. The van der Waals surface area contributed by atoms with Crippen LogP contribution in [0.5, 0.6) is 0 Å². The average Bonchev–Trinajstić information content (AvgIpc) is 2.36. The van der Waals surface area contributed by atoms with Gasteiger partial charge < -0.3 is 14.7 Å². The number of halogens is 2. The number of nitrogens with zero attached hydrogens (tertiary/aromatic N) is 2. The third-order valence-corrected chi connectivity index (χ3v) is 2.56. The van der Waals surface area contributed by atoms with Gasteiger partial charge in [0.2, 0.25) is 0 Å². The summed E-state index contributed by atoms with van der Waals surface area (Å²) < 4.78 is 17.9. The number of amides is 1. The minimum absolute atomic E-state index is 0.0266. The highest BCUT2D eigenvalue weighted by Gasteiger charge is 2.19. The molecule has 0 aliphatic heterocycles. The fraction of sp³-hybridized carbons (Fsp3) is 0.455. The van der Waals surface area contributed by atoms with Gasteiger partial charge in [0.25, 0.3) is 5.91 Å². The summed E-state index contributed by atoms with van der Waals surface area (Å²) in [5, 5.41) is 8.83. The van der Waals surface area contributed by atoms with Crippen LogP contribution in [0.3, 0.4) is 0 Å². The molecule has 5 nitrogen and oxygen atoms in total. The standard InChI is InChI=1S/C11H14ClFN2O3/c1-18-5-3-15(2-4-16)11(17)9-6-8(13)7-14-10(9)12/h6-7,16H,2-5H2,1H3. The zero-order chi connectivity index (χ0) is 13.5. The third kappa shape index (κ3) is 3.90. The molecule has 0 atom stereocenters. The lowest BCUT2D eigenvalue weighted by Gasteiger charge is -2.21. The molecule has 0 aliphatic rings. The second kappa shape index (κ2) is 7.25. The van der Waals surface area contributed by atoms with E-state index in [0.717, 1.165) is 12.3 Å². The maximum atomic E-state index is 13.0. The molecule has 1 heterocycles. The van der Waals surface area contributed by atoms with Gasteiger partial charge in [0.1, 0.15) is 11.0 Å². The van der Waals surface area contributed by atoms with Crippen molar-refractivity contribution >= 4 is 17.5 Å². The zero-order valence-electron chi connectivity index (χ0n) is 9.90. The van der Waals surface area contributed by atoms with E-state index in [1.165, 1.54) is 12.0 Å². The summed E-state index contributed by atoms with van der Waals surface area (Å²) in [5.74, 6) is -1.13. The fourth-order valence-corrected chi connectivity index (χ4v) is 1.56. The monoisotopic (exact) mass is 276 g/mol. The highest BCUT2D eigenvalue weighted by Crippen LogP contribution is 2.16. The minimum Gasteiger partial charge on any atom is -0.395 e. The van der Waals surface area contributed by atoms with Crippen LogP contribution in [0, 0.1) is 5.82 Å². The van der Waals surface area contributed by atoms with E-state index in [-0.39, 0.29) is 30.4 Å². The van der Waals surface area contributed by atoms with Gasteiger partial charge in [-0.3, -0.25) is 4.79 Å². The van der Waals surface area contributed by atoms with Crippen molar-refractivity contribution in [1.82, 2.24) is 9.88 Å². The largest absolute Gasteiger partial charge is 0.395 e. The van der Waals surface area contributed by atoms with E-state index in [9.17, 15) is 9.18 Å². The maximum Gasteiger partial charge on any atom is 0.257 e. The zero-order valence-corrected chi connectivity index (χ0v) is 10.7. The first kappa shape index (κ1) is 14.8. The highest BCUT2D eigenvalue weighted by atomic mass is 35.5. The molecule has 0 saturated heterocycles. The molecule has 1 rings (SSSR count). The second-order valence-corrected chi connectivity index (χ2v) is 3.86. The Morgan fingerprint density at radius 2 is 2.33 bits per heavy atom. The predicted octanol–water partition coefficient (Wildman–Crippen LogP) is 0.955. The quantitative estimate of drug-likeness (QED) is 0.786. The van der Waals surface area contributed by atoms with Crippen LogP contribution < -0.4 is 0 Å². The summed E-state index contributed by atoms with van der Waals surface area (Å²) in [6, 6.07) is 1.02. The van der Waals surface area contributed by atoms with E-state index >= 15 is 0 Å². The van der Waals surface area contributed by atoms with Crippen molar-refractivity contribution in [1.29, 1.82) is 0 Å². The Kier molecular flexibility index (Phi) is 5.97.